The molecule has 0 bridgehead atoms. The van der Waals surface area contributed by atoms with Crippen LogP contribution in [0.25, 0.3) is 0 Å². The van der Waals surface area contributed by atoms with Crippen molar-refractivity contribution in [3.8, 4) is 0 Å². The van der Waals surface area contributed by atoms with Crippen molar-refractivity contribution in [3.05, 3.63) is 16.9 Å². The van der Waals surface area contributed by atoms with Crippen LogP contribution in [0.1, 0.15) is 50.3 Å². The molecule has 5 nitrogen and oxygen atoms in total. The molecule has 1 aromatic rings. The Morgan fingerprint density at radius 2 is 2.25 bits per heavy atom. The number of aromatic nitrogens is 2. The summed E-state index contributed by atoms with van der Waals surface area (Å²) in [5, 5.41) is 5.00. The van der Waals surface area contributed by atoms with Gasteiger partial charge in [0.15, 0.2) is 0 Å². The van der Waals surface area contributed by atoms with Crippen molar-refractivity contribution in [3.63, 3.8) is 0 Å². The highest BCUT2D eigenvalue weighted by molar-refractivity contribution is 6.31. The predicted octanol–water partition coefficient (Wildman–Crippen LogP) is 2.66. The molecule has 0 radical (unpaired) electrons. The first-order valence-corrected chi connectivity index (χ1v) is 7.80. The van der Waals surface area contributed by atoms with Crippen molar-refractivity contribution in [1.29, 1.82) is 0 Å². The molecule has 0 saturated heterocycles. The molecule has 2 rings (SSSR count). The molecule has 1 aromatic heterocycles. The standard InChI is InChI=1S/C14H25ClN4O/c1-20-8-7-19-14(12(15)10-17-19)13(18-16)9-11-5-3-2-4-6-11/h10-11,13,18H,2-9,16H2,1H3. The fraction of sp³-hybridized carbons (Fsp3) is 0.786. The van der Waals surface area contributed by atoms with Crippen molar-refractivity contribution in [1.82, 2.24) is 15.2 Å². The smallest absolute Gasteiger partial charge is 0.0834 e. The van der Waals surface area contributed by atoms with Crippen LogP contribution in [0.4, 0.5) is 0 Å². The van der Waals surface area contributed by atoms with Gasteiger partial charge in [-0.15, -0.1) is 0 Å². The minimum absolute atomic E-state index is 0.0601. The van der Waals surface area contributed by atoms with E-state index in [0.29, 0.717) is 18.2 Å². The SMILES string of the molecule is COCCn1ncc(Cl)c1C(CC1CCCCC1)NN. The molecule has 114 valence electrons. The molecule has 3 N–H and O–H groups in total. The predicted molar refractivity (Wildman–Crippen MR) is 80.4 cm³/mol. The number of nitrogens with one attached hydrogen (secondary N) is 1. The summed E-state index contributed by atoms with van der Waals surface area (Å²) < 4.78 is 7.02. The number of hydrogen-bond acceptors (Lipinski definition) is 4. The Morgan fingerprint density at radius 1 is 1.50 bits per heavy atom. The molecule has 1 aliphatic carbocycles. The quantitative estimate of drug-likeness (QED) is 0.600. The molecular weight excluding hydrogens is 276 g/mol. The zero-order valence-corrected chi connectivity index (χ0v) is 12.9. The minimum atomic E-state index is 0.0601. The lowest BCUT2D eigenvalue weighted by atomic mass is 9.84. The van der Waals surface area contributed by atoms with Crippen LogP contribution in [0.2, 0.25) is 5.02 Å². The number of halogens is 1. The van der Waals surface area contributed by atoms with Crippen LogP contribution in [-0.2, 0) is 11.3 Å². The number of hydrogen-bond donors (Lipinski definition) is 2. The van der Waals surface area contributed by atoms with Crippen molar-refractivity contribution in [2.75, 3.05) is 13.7 Å². The van der Waals surface area contributed by atoms with Crippen molar-refractivity contribution in [2.24, 2.45) is 11.8 Å². The highest BCUT2D eigenvalue weighted by Crippen LogP contribution is 2.33. The molecule has 0 amide bonds. The fourth-order valence-electron chi connectivity index (χ4n) is 3.09. The highest BCUT2D eigenvalue weighted by Gasteiger charge is 2.24. The van der Waals surface area contributed by atoms with E-state index < -0.39 is 0 Å². The largest absolute Gasteiger partial charge is 0.383 e. The van der Waals surface area contributed by atoms with E-state index in [4.69, 9.17) is 22.2 Å². The van der Waals surface area contributed by atoms with E-state index in [9.17, 15) is 0 Å². The third-order valence-electron chi connectivity index (χ3n) is 4.17. The average Bonchev–Trinajstić information content (AvgIpc) is 2.84. The van der Waals surface area contributed by atoms with Gasteiger partial charge in [0, 0.05) is 7.11 Å². The Hall–Kier alpha value is -0.620. The van der Waals surface area contributed by atoms with Gasteiger partial charge >= 0.3 is 0 Å². The number of rotatable bonds is 7. The summed E-state index contributed by atoms with van der Waals surface area (Å²) in [5.41, 5.74) is 3.91. The first kappa shape index (κ1) is 15.8. The number of nitrogens with zero attached hydrogens (tertiary/aromatic N) is 2. The number of hydrazine groups is 1. The Balaban J connectivity index is 2.07. The second kappa shape index (κ2) is 7.98. The third-order valence-corrected chi connectivity index (χ3v) is 4.46. The number of nitrogens with two attached hydrogens (primary N) is 1. The van der Waals surface area contributed by atoms with Crippen LogP contribution in [0.5, 0.6) is 0 Å². The maximum absolute atomic E-state index is 6.30. The highest BCUT2D eigenvalue weighted by atomic mass is 35.5. The van der Waals surface area contributed by atoms with Crippen LogP contribution >= 0.6 is 11.6 Å². The van der Waals surface area contributed by atoms with Gasteiger partial charge in [0.1, 0.15) is 0 Å². The van der Waals surface area contributed by atoms with Gasteiger partial charge in [-0.3, -0.25) is 16.0 Å². The minimum Gasteiger partial charge on any atom is -0.383 e. The summed E-state index contributed by atoms with van der Waals surface area (Å²) in [6.45, 7) is 1.31. The summed E-state index contributed by atoms with van der Waals surface area (Å²) in [6, 6.07) is 0.0601. The Bertz CT molecular complexity index is 404. The zero-order chi connectivity index (χ0) is 14.4. The lowest BCUT2D eigenvalue weighted by Crippen LogP contribution is -2.32. The fourth-order valence-corrected chi connectivity index (χ4v) is 3.36. The van der Waals surface area contributed by atoms with Crippen molar-refractivity contribution in [2.45, 2.75) is 51.1 Å². The lowest BCUT2D eigenvalue weighted by molar-refractivity contribution is 0.180. The van der Waals surface area contributed by atoms with E-state index in [-0.39, 0.29) is 6.04 Å². The first-order chi connectivity index (χ1) is 9.76. The summed E-state index contributed by atoms with van der Waals surface area (Å²) in [7, 11) is 1.69. The van der Waals surface area contributed by atoms with Crippen LogP contribution < -0.4 is 11.3 Å². The second-order valence-corrected chi connectivity index (χ2v) is 5.96. The Labute approximate surface area is 125 Å². The van der Waals surface area contributed by atoms with E-state index >= 15 is 0 Å². The van der Waals surface area contributed by atoms with E-state index in [2.05, 4.69) is 10.5 Å². The van der Waals surface area contributed by atoms with E-state index in [1.807, 2.05) is 4.68 Å². The number of methoxy groups -OCH3 is 1. The normalized spacial score (nSPS) is 18.4. The molecule has 6 heteroatoms. The molecule has 1 heterocycles. The first-order valence-electron chi connectivity index (χ1n) is 7.42. The lowest BCUT2D eigenvalue weighted by Gasteiger charge is -2.26. The summed E-state index contributed by atoms with van der Waals surface area (Å²) >= 11 is 6.30. The summed E-state index contributed by atoms with van der Waals surface area (Å²) in [6.07, 6.45) is 9.33. The molecule has 20 heavy (non-hydrogen) atoms. The molecule has 1 atom stereocenters. The monoisotopic (exact) mass is 300 g/mol. The van der Waals surface area contributed by atoms with Gasteiger partial charge in [0.2, 0.25) is 0 Å². The Kier molecular flexibility index (Phi) is 6.29. The van der Waals surface area contributed by atoms with Gasteiger partial charge in [-0.05, 0) is 12.3 Å². The molecule has 1 aliphatic rings. The van der Waals surface area contributed by atoms with Gasteiger partial charge in [0.05, 0.1) is 36.1 Å². The van der Waals surface area contributed by atoms with Crippen LogP contribution in [0.15, 0.2) is 6.20 Å². The Morgan fingerprint density at radius 3 is 2.90 bits per heavy atom. The van der Waals surface area contributed by atoms with Gasteiger partial charge in [-0.2, -0.15) is 5.10 Å². The topological polar surface area (TPSA) is 65.1 Å². The van der Waals surface area contributed by atoms with Crippen molar-refractivity contribution >= 4 is 11.6 Å². The third kappa shape index (κ3) is 3.95. The summed E-state index contributed by atoms with van der Waals surface area (Å²) in [5.74, 6) is 6.49. The molecule has 0 aromatic carbocycles. The molecule has 1 fully saturated rings. The maximum Gasteiger partial charge on any atom is 0.0834 e. The van der Waals surface area contributed by atoms with Gasteiger partial charge in [-0.25, -0.2) is 0 Å². The number of ether oxygens (including phenoxy) is 1. The summed E-state index contributed by atoms with van der Waals surface area (Å²) in [4.78, 5) is 0. The van der Waals surface area contributed by atoms with E-state index in [0.717, 1.165) is 18.0 Å². The molecule has 1 unspecified atom stereocenters. The van der Waals surface area contributed by atoms with Crippen LogP contribution in [-0.4, -0.2) is 23.5 Å². The molecular formula is C14H25ClN4O. The molecule has 0 spiro atoms. The molecule has 1 saturated carbocycles. The van der Waals surface area contributed by atoms with Crippen LogP contribution in [0.3, 0.4) is 0 Å². The van der Waals surface area contributed by atoms with Gasteiger partial charge in [-0.1, -0.05) is 43.7 Å². The van der Waals surface area contributed by atoms with Crippen molar-refractivity contribution < 1.29 is 4.74 Å². The van der Waals surface area contributed by atoms with E-state index in [1.54, 1.807) is 13.3 Å². The maximum atomic E-state index is 6.30. The average molecular weight is 301 g/mol. The van der Waals surface area contributed by atoms with Crippen LogP contribution in [0, 0.1) is 5.92 Å². The van der Waals surface area contributed by atoms with Gasteiger partial charge in [0.25, 0.3) is 0 Å². The second-order valence-electron chi connectivity index (χ2n) is 5.55. The van der Waals surface area contributed by atoms with E-state index in [1.165, 1.54) is 32.1 Å². The molecule has 0 aliphatic heterocycles. The zero-order valence-electron chi connectivity index (χ0n) is 12.1. The van der Waals surface area contributed by atoms with Gasteiger partial charge < -0.3 is 4.74 Å².